The highest BCUT2D eigenvalue weighted by molar-refractivity contribution is 5.75. The van der Waals surface area contributed by atoms with Crippen LogP contribution in [0.25, 0.3) is 11.0 Å². The molecule has 8 heteroatoms. The van der Waals surface area contributed by atoms with E-state index in [9.17, 15) is 24.8 Å². The summed E-state index contributed by atoms with van der Waals surface area (Å²) in [5.74, 6) is -0.569. The van der Waals surface area contributed by atoms with Gasteiger partial charge in [0.15, 0.2) is 0 Å². The smallest absolute Gasteiger partial charge is 0.140 e. The van der Waals surface area contributed by atoms with E-state index in [1.165, 1.54) is 18.2 Å². The molecule has 0 saturated heterocycles. The molecule has 2 rings (SSSR count). The molecule has 0 aliphatic carbocycles. The van der Waals surface area contributed by atoms with Gasteiger partial charge in [-0.3, -0.25) is 0 Å². The van der Waals surface area contributed by atoms with Crippen LogP contribution in [0.4, 0.5) is 4.39 Å². The van der Waals surface area contributed by atoms with Crippen molar-refractivity contribution in [2.24, 2.45) is 0 Å². The number of imidazole rings is 1. The molecule has 20 heavy (non-hydrogen) atoms. The van der Waals surface area contributed by atoms with E-state index in [1.807, 2.05) is 0 Å². The van der Waals surface area contributed by atoms with E-state index in [1.54, 1.807) is 0 Å². The number of fused-ring (bicyclic) bond motifs is 1. The Kier molecular flexibility index (Phi) is 4.31. The lowest BCUT2D eigenvalue weighted by Gasteiger charge is -2.24. The summed E-state index contributed by atoms with van der Waals surface area (Å²) < 4.78 is 13.0. The van der Waals surface area contributed by atoms with Crippen LogP contribution in [0.15, 0.2) is 18.2 Å². The van der Waals surface area contributed by atoms with Crippen LogP contribution in [-0.2, 0) is 0 Å². The normalized spacial score (nSPS) is 17.9. The second-order valence-electron chi connectivity index (χ2n) is 4.46. The minimum absolute atomic E-state index is 0.0812. The highest BCUT2D eigenvalue weighted by atomic mass is 19.1. The van der Waals surface area contributed by atoms with Crippen LogP contribution in [0, 0.1) is 5.82 Å². The molecule has 1 aromatic carbocycles. The monoisotopic (exact) mass is 286 g/mol. The molecule has 0 spiro atoms. The Morgan fingerprint density at radius 1 is 1.15 bits per heavy atom. The lowest BCUT2D eigenvalue weighted by Crippen LogP contribution is -2.42. The lowest BCUT2D eigenvalue weighted by molar-refractivity contribution is -0.117. The largest absolute Gasteiger partial charge is 0.394 e. The van der Waals surface area contributed by atoms with Gasteiger partial charge in [-0.1, -0.05) is 0 Å². The van der Waals surface area contributed by atoms with Gasteiger partial charge in [0.1, 0.15) is 36.1 Å². The molecular formula is C12H15FN2O5. The van der Waals surface area contributed by atoms with Gasteiger partial charge in [0, 0.05) is 0 Å². The van der Waals surface area contributed by atoms with Crippen molar-refractivity contribution in [2.75, 3.05) is 6.61 Å². The van der Waals surface area contributed by atoms with E-state index in [0.29, 0.717) is 11.0 Å². The summed E-state index contributed by atoms with van der Waals surface area (Å²) in [5.41, 5.74) is 0.702. The van der Waals surface area contributed by atoms with Crippen molar-refractivity contribution in [2.45, 2.75) is 24.4 Å². The van der Waals surface area contributed by atoms with Crippen molar-refractivity contribution >= 4 is 11.0 Å². The standard InChI is InChI=1S/C12H15FN2O5/c13-5-1-2-6-7(3-5)15-12(14-6)11(20)10(19)9(18)8(17)4-16/h1-3,8-11,16-20H,4H2,(H,14,15)/t8-,9-,10+,11+/m1/s1. The van der Waals surface area contributed by atoms with Gasteiger partial charge < -0.3 is 30.5 Å². The van der Waals surface area contributed by atoms with E-state index < -0.39 is 36.8 Å². The quantitative estimate of drug-likeness (QED) is 0.410. The Bertz CT molecular complexity index is 590. The van der Waals surface area contributed by atoms with E-state index in [4.69, 9.17) is 5.11 Å². The minimum atomic E-state index is -1.76. The molecule has 0 aliphatic rings. The number of aliphatic hydroxyl groups is 5. The highest BCUT2D eigenvalue weighted by Gasteiger charge is 2.32. The van der Waals surface area contributed by atoms with Crippen molar-refractivity contribution in [3.63, 3.8) is 0 Å². The van der Waals surface area contributed by atoms with Gasteiger partial charge in [-0.15, -0.1) is 0 Å². The van der Waals surface area contributed by atoms with Crippen LogP contribution in [0.2, 0.25) is 0 Å². The molecule has 0 aliphatic heterocycles. The zero-order chi connectivity index (χ0) is 14.9. The number of nitrogens with zero attached hydrogens (tertiary/aromatic N) is 1. The Morgan fingerprint density at radius 2 is 1.85 bits per heavy atom. The van der Waals surface area contributed by atoms with Gasteiger partial charge >= 0.3 is 0 Å². The first-order valence-electron chi connectivity index (χ1n) is 5.92. The van der Waals surface area contributed by atoms with Gasteiger partial charge in [-0.25, -0.2) is 9.37 Å². The first-order chi connectivity index (χ1) is 9.43. The molecule has 0 fully saturated rings. The maximum Gasteiger partial charge on any atom is 0.140 e. The lowest BCUT2D eigenvalue weighted by atomic mass is 10.0. The summed E-state index contributed by atoms with van der Waals surface area (Å²) in [4.78, 5) is 6.57. The fourth-order valence-corrected chi connectivity index (χ4v) is 1.83. The highest BCUT2D eigenvalue weighted by Crippen LogP contribution is 2.21. The van der Waals surface area contributed by atoms with E-state index >= 15 is 0 Å². The number of nitrogens with one attached hydrogen (secondary N) is 1. The Balaban J connectivity index is 2.24. The van der Waals surface area contributed by atoms with Crippen molar-refractivity contribution in [1.29, 1.82) is 0 Å². The van der Waals surface area contributed by atoms with Crippen molar-refractivity contribution < 1.29 is 29.9 Å². The molecule has 0 radical (unpaired) electrons. The van der Waals surface area contributed by atoms with Crippen LogP contribution in [0.5, 0.6) is 0 Å². The van der Waals surface area contributed by atoms with E-state index in [0.717, 1.165) is 0 Å². The summed E-state index contributed by atoms with van der Waals surface area (Å²) in [5, 5.41) is 47.0. The third-order valence-corrected chi connectivity index (χ3v) is 3.00. The molecule has 1 aromatic heterocycles. The molecule has 1 heterocycles. The van der Waals surface area contributed by atoms with E-state index in [-0.39, 0.29) is 5.82 Å². The number of H-pyrrole nitrogens is 1. The van der Waals surface area contributed by atoms with E-state index in [2.05, 4.69) is 9.97 Å². The fourth-order valence-electron chi connectivity index (χ4n) is 1.83. The Morgan fingerprint density at radius 3 is 2.50 bits per heavy atom. The number of aromatic nitrogens is 2. The second-order valence-corrected chi connectivity index (χ2v) is 4.46. The number of hydrogen-bond donors (Lipinski definition) is 6. The van der Waals surface area contributed by atoms with Crippen LogP contribution < -0.4 is 0 Å². The number of hydrogen-bond acceptors (Lipinski definition) is 6. The van der Waals surface area contributed by atoms with Gasteiger partial charge in [0.25, 0.3) is 0 Å². The molecule has 0 bridgehead atoms. The van der Waals surface area contributed by atoms with Crippen LogP contribution in [0.1, 0.15) is 11.9 Å². The third kappa shape index (κ3) is 2.79. The summed E-state index contributed by atoms with van der Waals surface area (Å²) in [6.07, 6.45) is -6.73. The van der Waals surface area contributed by atoms with Crippen LogP contribution in [-0.4, -0.2) is 60.4 Å². The van der Waals surface area contributed by atoms with Crippen LogP contribution in [0.3, 0.4) is 0 Å². The number of aliphatic hydroxyl groups excluding tert-OH is 5. The first-order valence-corrected chi connectivity index (χ1v) is 5.92. The van der Waals surface area contributed by atoms with Crippen molar-refractivity contribution in [3.8, 4) is 0 Å². The Labute approximate surface area is 113 Å². The zero-order valence-electron chi connectivity index (χ0n) is 10.3. The molecule has 0 amide bonds. The maximum atomic E-state index is 13.0. The van der Waals surface area contributed by atoms with Gasteiger partial charge in [0.2, 0.25) is 0 Å². The third-order valence-electron chi connectivity index (χ3n) is 3.00. The molecule has 0 saturated carbocycles. The molecule has 4 atom stereocenters. The van der Waals surface area contributed by atoms with Gasteiger partial charge in [-0.05, 0) is 18.2 Å². The predicted octanol–water partition coefficient (Wildman–Crippen LogP) is -1.19. The SMILES string of the molecule is OC[C@@H](O)[C@@H](O)[C@H](O)[C@H](O)c1nc2ccc(F)cc2[nH]1. The molecular weight excluding hydrogens is 271 g/mol. The average Bonchev–Trinajstić information content (AvgIpc) is 2.86. The number of rotatable bonds is 5. The summed E-state index contributed by atoms with van der Waals surface area (Å²) >= 11 is 0. The number of aromatic amines is 1. The molecule has 6 N–H and O–H groups in total. The molecule has 2 aromatic rings. The topological polar surface area (TPSA) is 130 Å². The maximum absolute atomic E-state index is 13.0. The average molecular weight is 286 g/mol. The predicted molar refractivity (Wildman–Crippen MR) is 66.1 cm³/mol. The summed E-state index contributed by atoms with van der Waals surface area (Å²) in [6, 6.07) is 3.76. The second kappa shape index (κ2) is 5.81. The summed E-state index contributed by atoms with van der Waals surface area (Å²) in [7, 11) is 0. The zero-order valence-corrected chi connectivity index (χ0v) is 10.3. The first kappa shape index (κ1) is 14.8. The van der Waals surface area contributed by atoms with Gasteiger partial charge in [-0.2, -0.15) is 0 Å². The minimum Gasteiger partial charge on any atom is -0.394 e. The fraction of sp³-hybridized carbons (Fsp3) is 0.417. The van der Waals surface area contributed by atoms with Crippen molar-refractivity contribution in [1.82, 2.24) is 9.97 Å². The molecule has 7 nitrogen and oxygen atoms in total. The van der Waals surface area contributed by atoms with Crippen LogP contribution >= 0.6 is 0 Å². The summed E-state index contributed by atoms with van der Waals surface area (Å²) in [6.45, 7) is -0.768. The number of halogens is 1. The number of benzene rings is 1. The van der Waals surface area contributed by atoms with Gasteiger partial charge in [0.05, 0.1) is 17.6 Å². The van der Waals surface area contributed by atoms with Crippen molar-refractivity contribution in [3.05, 3.63) is 29.8 Å². The molecule has 0 unspecified atom stereocenters. The molecule has 110 valence electrons. The Hall–Kier alpha value is -1.58.